The molecule has 0 amide bonds. The average molecular weight is 561 g/mol. The number of hydrogen-bond acceptors (Lipinski definition) is 5. The Bertz CT molecular complexity index is 1460. The molecule has 6 rings (SSSR count). The number of pyridine rings is 1. The van der Waals surface area contributed by atoms with Crippen LogP contribution in [0.4, 0.5) is 17.6 Å². The number of imidazole rings is 1. The maximum atomic E-state index is 14.3. The Labute approximate surface area is 230 Å². The molecule has 2 saturated heterocycles. The van der Waals surface area contributed by atoms with Gasteiger partial charge in [-0.05, 0) is 74.9 Å². The molecule has 2 N–H and O–H groups in total. The molecule has 0 bridgehead atoms. The molecule has 1 aliphatic carbocycles. The summed E-state index contributed by atoms with van der Waals surface area (Å²) in [5.74, 6) is 0.547. The number of nitrogens with zero attached hydrogens (tertiary/aromatic N) is 4. The van der Waals surface area contributed by atoms with Crippen molar-refractivity contribution in [2.45, 2.75) is 69.5 Å². The molecule has 40 heavy (non-hydrogen) atoms. The van der Waals surface area contributed by atoms with Gasteiger partial charge < -0.3 is 0 Å². The number of likely N-dealkylation sites (tertiary alicyclic amines) is 1. The van der Waals surface area contributed by atoms with Crippen molar-refractivity contribution in [1.82, 2.24) is 29.6 Å². The smallest absolute Gasteiger partial charge is 0.299 e. The Kier molecular flexibility index (Phi) is 6.64. The van der Waals surface area contributed by atoms with Crippen LogP contribution in [-0.2, 0) is 18.1 Å². The lowest BCUT2D eigenvalue weighted by Crippen LogP contribution is -2.58. The molecule has 4 heterocycles. The van der Waals surface area contributed by atoms with Crippen LogP contribution in [0.1, 0.15) is 56.2 Å². The van der Waals surface area contributed by atoms with E-state index in [1.807, 2.05) is 30.1 Å². The molecule has 3 fully saturated rings. The van der Waals surface area contributed by atoms with Gasteiger partial charge in [0.1, 0.15) is 5.67 Å². The summed E-state index contributed by atoms with van der Waals surface area (Å²) < 4.78 is 59.4. The van der Waals surface area contributed by atoms with Crippen molar-refractivity contribution in [3.8, 4) is 5.69 Å². The third-order valence-corrected chi connectivity index (χ3v) is 9.09. The van der Waals surface area contributed by atoms with E-state index in [0.29, 0.717) is 49.8 Å². The summed E-state index contributed by atoms with van der Waals surface area (Å²) in [5, 5.41) is 0. The first kappa shape index (κ1) is 27.4. The van der Waals surface area contributed by atoms with Crippen LogP contribution >= 0.6 is 0 Å². The number of hydrazine groups is 1. The van der Waals surface area contributed by atoms with Gasteiger partial charge in [0.25, 0.3) is 0 Å². The Balaban J connectivity index is 1.39. The van der Waals surface area contributed by atoms with Gasteiger partial charge in [-0.3, -0.25) is 18.8 Å². The lowest BCUT2D eigenvalue weighted by atomic mass is 9.57. The van der Waals surface area contributed by atoms with Gasteiger partial charge in [0.15, 0.2) is 0 Å². The molecule has 3 aliphatic rings. The minimum Gasteiger partial charge on any atom is -0.299 e. The van der Waals surface area contributed by atoms with Crippen molar-refractivity contribution < 1.29 is 17.6 Å². The third-order valence-electron chi connectivity index (χ3n) is 9.09. The van der Waals surface area contributed by atoms with Gasteiger partial charge in [0.05, 0.1) is 29.6 Å². The number of piperidine rings is 1. The highest BCUT2D eigenvalue weighted by atomic mass is 19.4. The highest BCUT2D eigenvalue weighted by Gasteiger charge is 2.52. The molecule has 2 aromatic heterocycles. The van der Waals surface area contributed by atoms with Crippen LogP contribution in [-0.4, -0.2) is 57.4 Å². The average Bonchev–Trinajstić information content (AvgIpc) is 3.45. The van der Waals surface area contributed by atoms with E-state index in [4.69, 9.17) is 0 Å². The van der Waals surface area contributed by atoms with Gasteiger partial charge in [-0.25, -0.2) is 20.0 Å². The van der Waals surface area contributed by atoms with Gasteiger partial charge in [-0.15, -0.1) is 0 Å². The van der Waals surface area contributed by atoms with Crippen LogP contribution in [0.3, 0.4) is 0 Å². The predicted molar refractivity (Wildman–Crippen MR) is 145 cm³/mol. The monoisotopic (exact) mass is 560 g/mol. The Morgan fingerprint density at radius 1 is 1.10 bits per heavy atom. The molecular weight excluding hydrogens is 524 g/mol. The van der Waals surface area contributed by atoms with E-state index in [2.05, 4.69) is 22.7 Å². The fourth-order valence-electron chi connectivity index (χ4n) is 6.97. The summed E-state index contributed by atoms with van der Waals surface area (Å²) >= 11 is 0. The van der Waals surface area contributed by atoms with Gasteiger partial charge in [0.2, 0.25) is 0 Å². The highest BCUT2D eigenvalue weighted by Crippen LogP contribution is 2.51. The number of hydrogen-bond donors (Lipinski definition) is 2. The molecule has 1 saturated carbocycles. The fourth-order valence-corrected chi connectivity index (χ4v) is 6.97. The van der Waals surface area contributed by atoms with Crippen molar-refractivity contribution in [3.05, 3.63) is 69.9 Å². The second-order valence-electron chi connectivity index (χ2n) is 12.3. The standard InChI is InChI=1S/C29H36F4N6O/c1-19-13-28(14-19,25-35-34-18-36(25)3)21-5-4-6-22(12-21)38-17-24-23(29(31,32)33)11-20(16-39(24)26(38)40)15-37-9-7-27(2,30)8-10-37/h4-6,11-12,16-17,19,25,34-35H,7-10,13-15,18H2,1-3H3/t19-,25?,28+. The first-order chi connectivity index (χ1) is 18.9. The first-order valence-corrected chi connectivity index (χ1v) is 13.9. The minimum atomic E-state index is -4.64. The van der Waals surface area contributed by atoms with Crippen molar-refractivity contribution in [2.24, 2.45) is 5.92 Å². The normalized spacial score (nSPS) is 27.8. The van der Waals surface area contributed by atoms with E-state index in [9.17, 15) is 22.4 Å². The van der Waals surface area contributed by atoms with Crippen molar-refractivity contribution in [1.29, 1.82) is 0 Å². The molecule has 1 unspecified atom stereocenters. The number of benzene rings is 1. The first-order valence-electron chi connectivity index (χ1n) is 13.9. The van der Waals surface area contributed by atoms with Crippen LogP contribution in [0.5, 0.6) is 0 Å². The molecule has 0 spiro atoms. The van der Waals surface area contributed by atoms with Crippen molar-refractivity contribution in [3.63, 3.8) is 0 Å². The number of aromatic nitrogens is 2. The lowest BCUT2D eigenvalue weighted by molar-refractivity contribution is -0.136. The summed E-state index contributed by atoms with van der Waals surface area (Å²) in [5.41, 5.74) is 5.53. The van der Waals surface area contributed by atoms with Crippen LogP contribution in [0.15, 0.2) is 47.5 Å². The number of halogens is 4. The molecule has 0 radical (unpaired) electrons. The fraction of sp³-hybridized carbons (Fsp3) is 0.552. The summed E-state index contributed by atoms with van der Waals surface area (Å²) in [6.45, 7) is 5.61. The lowest BCUT2D eigenvalue weighted by Gasteiger charge is -2.52. The second-order valence-corrected chi connectivity index (χ2v) is 12.3. The number of rotatable bonds is 5. The molecule has 1 aromatic carbocycles. The summed E-state index contributed by atoms with van der Waals surface area (Å²) in [4.78, 5) is 17.8. The van der Waals surface area contributed by atoms with Crippen LogP contribution < -0.4 is 16.5 Å². The zero-order valence-corrected chi connectivity index (χ0v) is 23.1. The van der Waals surface area contributed by atoms with Crippen LogP contribution in [0.2, 0.25) is 0 Å². The van der Waals surface area contributed by atoms with Gasteiger partial charge >= 0.3 is 11.9 Å². The number of likely N-dealkylation sites (N-methyl/N-ethyl adjacent to an activating group) is 1. The molecule has 3 aromatic rings. The summed E-state index contributed by atoms with van der Waals surface area (Å²) in [6, 6.07) is 8.75. The van der Waals surface area contributed by atoms with E-state index in [0.717, 1.165) is 28.9 Å². The quantitative estimate of drug-likeness (QED) is 0.453. The van der Waals surface area contributed by atoms with Crippen molar-refractivity contribution >= 4 is 5.52 Å². The predicted octanol–water partition coefficient (Wildman–Crippen LogP) is 4.42. The molecule has 7 nitrogen and oxygen atoms in total. The van der Waals surface area contributed by atoms with Gasteiger partial charge in [0, 0.05) is 37.4 Å². The maximum absolute atomic E-state index is 14.3. The van der Waals surface area contributed by atoms with Crippen LogP contribution in [0.25, 0.3) is 11.2 Å². The summed E-state index contributed by atoms with van der Waals surface area (Å²) in [7, 11) is 2.05. The number of alkyl halides is 4. The zero-order valence-electron chi connectivity index (χ0n) is 23.1. The van der Waals surface area contributed by atoms with E-state index in [1.54, 1.807) is 13.0 Å². The third kappa shape index (κ3) is 4.76. The molecule has 216 valence electrons. The van der Waals surface area contributed by atoms with E-state index in [1.165, 1.54) is 17.0 Å². The molecule has 1 atom stereocenters. The van der Waals surface area contributed by atoms with Gasteiger partial charge in [-0.1, -0.05) is 19.1 Å². The van der Waals surface area contributed by atoms with E-state index in [-0.39, 0.29) is 23.6 Å². The molecular formula is C29H36F4N6O. The number of nitrogens with one attached hydrogen (secondary N) is 2. The SMILES string of the molecule is CN1CNNC1[C@]1(c2cccc(-n3cc4c(C(F)(F)F)cc(CN5CCC(C)(F)CC5)cn4c3=O)c2)C[C@H](C)C1. The number of fused-ring (bicyclic) bond motifs is 1. The largest absolute Gasteiger partial charge is 0.418 e. The zero-order chi connectivity index (χ0) is 28.4. The summed E-state index contributed by atoms with van der Waals surface area (Å²) in [6.07, 6.45) is 0.800. The Morgan fingerprint density at radius 2 is 1.82 bits per heavy atom. The Morgan fingerprint density at radius 3 is 2.45 bits per heavy atom. The highest BCUT2D eigenvalue weighted by molar-refractivity contribution is 5.58. The maximum Gasteiger partial charge on any atom is 0.418 e. The Hall–Kier alpha value is -2.73. The molecule has 2 aliphatic heterocycles. The van der Waals surface area contributed by atoms with E-state index >= 15 is 0 Å². The van der Waals surface area contributed by atoms with Crippen molar-refractivity contribution in [2.75, 3.05) is 26.8 Å². The van der Waals surface area contributed by atoms with Gasteiger partial charge in [-0.2, -0.15) is 13.2 Å². The van der Waals surface area contributed by atoms with E-state index < -0.39 is 23.1 Å². The molecule has 11 heteroatoms. The second kappa shape index (κ2) is 9.68. The topological polar surface area (TPSA) is 56.9 Å². The van der Waals surface area contributed by atoms with Crippen LogP contribution in [0, 0.1) is 5.92 Å². The minimum absolute atomic E-state index is 0.0632.